The summed E-state index contributed by atoms with van der Waals surface area (Å²) in [4.78, 5) is 23.3. The Morgan fingerprint density at radius 2 is 2.00 bits per heavy atom. The lowest BCUT2D eigenvalue weighted by molar-refractivity contribution is -0.148. The lowest BCUT2D eigenvalue weighted by atomic mass is 9.94. The van der Waals surface area contributed by atoms with Gasteiger partial charge in [0.2, 0.25) is 5.91 Å². The fourth-order valence-electron chi connectivity index (χ4n) is 2.41. The molecular formula is C12H20N2O3. The van der Waals surface area contributed by atoms with Crippen molar-refractivity contribution < 1.29 is 14.7 Å². The average Bonchev–Trinajstić information content (AvgIpc) is 3.13. The van der Waals surface area contributed by atoms with E-state index >= 15 is 0 Å². The number of rotatable bonds is 4. The number of carbonyl (C=O) groups is 2. The Labute approximate surface area is 101 Å². The van der Waals surface area contributed by atoms with Crippen molar-refractivity contribution in [3.63, 3.8) is 0 Å². The summed E-state index contributed by atoms with van der Waals surface area (Å²) in [5, 5.41) is 15.1. The molecule has 1 aliphatic carbocycles. The van der Waals surface area contributed by atoms with Gasteiger partial charge in [-0.15, -0.1) is 0 Å². The van der Waals surface area contributed by atoms with Crippen molar-refractivity contribution in [2.24, 2.45) is 5.92 Å². The third-order valence-corrected chi connectivity index (χ3v) is 3.85. The summed E-state index contributed by atoms with van der Waals surface area (Å²) >= 11 is 0. The van der Waals surface area contributed by atoms with Gasteiger partial charge in [-0.1, -0.05) is 6.42 Å². The Morgan fingerprint density at radius 1 is 1.29 bits per heavy atom. The van der Waals surface area contributed by atoms with Crippen LogP contribution in [0.1, 0.15) is 39.0 Å². The van der Waals surface area contributed by atoms with Crippen molar-refractivity contribution in [1.82, 2.24) is 10.6 Å². The fourth-order valence-corrected chi connectivity index (χ4v) is 2.41. The highest BCUT2D eigenvalue weighted by Crippen LogP contribution is 2.39. The molecule has 0 aromatic rings. The van der Waals surface area contributed by atoms with Crippen LogP contribution >= 0.6 is 0 Å². The summed E-state index contributed by atoms with van der Waals surface area (Å²) < 4.78 is 0. The Morgan fingerprint density at radius 3 is 2.47 bits per heavy atom. The molecule has 0 bridgehead atoms. The summed E-state index contributed by atoms with van der Waals surface area (Å²) in [7, 11) is 0. The van der Waals surface area contributed by atoms with Crippen molar-refractivity contribution >= 4 is 11.9 Å². The van der Waals surface area contributed by atoms with Gasteiger partial charge in [-0.2, -0.15) is 0 Å². The van der Waals surface area contributed by atoms with Gasteiger partial charge in [0.05, 0.1) is 6.04 Å². The van der Waals surface area contributed by atoms with E-state index in [1.54, 1.807) is 6.92 Å². The molecular weight excluding hydrogens is 220 g/mol. The van der Waals surface area contributed by atoms with Crippen LogP contribution in [-0.4, -0.2) is 35.1 Å². The standard InChI is InChI=1S/C12H20N2O3/c1-12(11(16)17,8-5-6-8)14-10(15)9-4-2-3-7-13-9/h8-9,13H,2-7H2,1H3,(H,14,15)(H,16,17)/t9-,12?/m1/s1. The Kier molecular flexibility index (Phi) is 3.38. The number of carboxylic acid groups (broad SMARTS) is 1. The zero-order valence-corrected chi connectivity index (χ0v) is 10.2. The minimum absolute atomic E-state index is 0.0903. The quantitative estimate of drug-likeness (QED) is 0.668. The molecule has 0 aromatic heterocycles. The van der Waals surface area contributed by atoms with Crippen LogP contribution < -0.4 is 10.6 Å². The second-order valence-electron chi connectivity index (χ2n) is 5.27. The summed E-state index contributed by atoms with van der Waals surface area (Å²) in [5.74, 6) is -1.00. The Hall–Kier alpha value is -1.10. The second kappa shape index (κ2) is 4.64. The van der Waals surface area contributed by atoms with Gasteiger partial charge in [-0.05, 0) is 45.1 Å². The summed E-state index contributed by atoms with van der Waals surface area (Å²) in [6.45, 7) is 2.46. The zero-order valence-electron chi connectivity index (χ0n) is 10.2. The van der Waals surface area contributed by atoms with E-state index in [-0.39, 0.29) is 17.9 Å². The minimum Gasteiger partial charge on any atom is -0.480 e. The maximum Gasteiger partial charge on any atom is 0.329 e. The molecule has 1 saturated heterocycles. The Balaban J connectivity index is 1.97. The highest BCUT2D eigenvalue weighted by Gasteiger charge is 2.49. The van der Waals surface area contributed by atoms with Crippen LogP contribution in [0, 0.1) is 5.92 Å². The monoisotopic (exact) mass is 240 g/mol. The first kappa shape index (κ1) is 12.4. The van der Waals surface area contributed by atoms with E-state index in [0.29, 0.717) is 0 Å². The second-order valence-corrected chi connectivity index (χ2v) is 5.27. The first-order valence-corrected chi connectivity index (χ1v) is 6.33. The lowest BCUT2D eigenvalue weighted by Gasteiger charge is -2.30. The van der Waals surface area contributed by atoms with Gasteiger partial charge >= 0.3 is 5.97 Å². The molecule has 0 aromatic carbocycles. The number of nitrogens with one attached hydrogen (secondary N) is 2. The third kappa shape index (κ3) is 2.60. The molecule has 3 N–H and O–H groups in total. The number of hydrogen-bond acceptors (Lipinski definition) is 3. The summed E-state index contributed by atoms with van der Waals surface area (Å²) in [6.07, 6.45) is 4.69. The van der Waals surface area contributed by atoms with Crippen molar-refractivity contribution in [1.29, 1.82) is 0 Å². The van der Waals surface area contributed by atoms with Gasteiger partial charge in [0.25, 0.3) is 0 Å². The van der Waals surface area contributed by atoms with Crippen LogP contribution in [0.4, 0.5) is 0 Å². The van der Waals surface area contributed by atoms with Crippen LogP contribution in [0.3, 0.4) is 0 Å². The molecule has 1 heterocycles. The van der Waals surface area contributed by atoms with Gasteiger partial charge in [0.15, 0.2) is 0 Å². The molecule has 1 unspecified atom stereocenters. The van der Waals surface area contributed by atoms with Crippen LogP contribution in [0.15, 0.2) is 0 Å². The van der Waals surface area contributed by atoms with E-state index in [9.17, 15) is 14.7 Å². The molecule has 96 valence electrons. The predicted octanol–water partition coefficient (Wildman–Crippen LogP) is 0.498. The number of carboxylic acids is 1. The van der Waals surface area contributed by atoms with Crippen LogP contribution in [0.25, 0.3) is 0 Å². The fraction of sp³-hybridized carbons (Fsp3) is 0.833. The maximum absolute atomic E-state index is 12.0. The molecule has 0 spiro atoms. The van der Waals surface area contributed by atoms with Crippen LogP contribution in [0.5, 0.6) is 0 Å². The van der Waals surface area contributed by atoms with Gasteiger partial charge in [-0.3, -0.25) is 4.79 Å². The largest absolute Gasteiger partial charge is 0.480 e. The van der Waals surface area contributed by atoms with Crippen molar-refractivity contribution in [3.05, 3.63) is 0 Å². The normalized spacial score (nSPS) is 28.2. The van der Waals surface area contributed by atoms with E-state index < -0.39 is 11.5 Å². The van der Waals surface area contributed by atoms with E-state index in [0.717, 1.165) is 38.6 Å². The smallest absolute Gasteiger partial charge is 0.329 e. The number of aliphatic carboxylic acids is 1. The molecule has 5 nitrogen and oxygen atoms in total. The van der Waals surface area contributed by atoms with Crippen LogP contribution in [0.2, 0.25) is 0 Å². The SMILES string of the molecule is CC(NC(=O)[C@H]1CCCCN1)(C(=O)O)C1CC1. The summed E-state index contributed by atoms with van der Waals surface area (Å²) in [6, 6.07) is -0.221. The zero-order chi connectivity index (χ0) is 12.5. The number of hydrogen-bond donors (Lipinski definition) is 3. The van der Waals surface area contributed by atoms with Crippen molar-refractivity contribution in [3.8, 4) is 0 Å². The Bertz CT molecular complexity index is 322. The van der Waals surface area contributed by atoms with E-state index in [1.165, 1.54) is 0 Å². The average molecular weight is 240 g/mol. The molecule has 1 amide bonds. The molecule has 1 aliphatic heterocycles. The van der Waals surface area contributed by atoms with E-state index in [1.807, 2.05) is 0 Å². The van der Waals surface area contributed by atoms with Gasteiger partial charge in [0, 0.05) is 0 Å². The molecule has 2 rings (SSSR count). The minimum atomic E-state index is -1.09. The van der Waals surface area contributed by atoms with Crippen molar-refractivity contribution in [2.45, 2.75) is 50.6 Å². The highest BCUT2D eigenvalue weighted by atomic mass is 16.4. The number of piperidine rings is 1. The van der Waals surface area contributed by atoms with Gasteiger partial charge in [-0.25, -0.2) is 4.79 Å². The third-order valence-electron chi connectivity index (χ3n) is 3.85. The molecule has 2 fully saturated rings. The van der Waals surface area contributed by atoms with Crippen molar-refractivity contribution in [2.75, 3.05) is 6.54 Å². The number of carbonyl (C=O) groups excluding carboxylic acids is 1. The topological polar surface area (TPSA) is 78.4 Å². The summed E-state index contributed by atoms with van der Waals surface area (Å²) in [5.41, 5.74) is -1.09. The first-order valence-electron chi connectivity index (χ1n) is 6.33. The molecule has 5 heteroatoms. The predicted molar refractivity (Wildman–Crippen MR) is 62.5 cm³/mol. The molecule has 2 aliphatic rings. The highest BCUT2D eigenvalue weighted by molar-refractivity contribution is 5.89. The van der Waals surface area contributed by atoms with E-state index in [4.69, 9.17) is 0 Å². The van der Waals surface area contributed by atoms with Crippen LogP contribution in [-0.2, 0) is 9.59 Å². The maximum atomic E-state index is 12.0. The van der Waals surface area contributed by atoms with Gasteiger partial charge < -0.3 is 15.7 Å². The molecule has 2 atom stereocenters. The molecule has 17 heavy (non-hydrogen) atoms. The molecule has 1 saturated carbocycles. The number of amides is 1. The van der Waals surface area contributed by atoms with E-state index in [2.05, 4.69) is 10.6 Å². The van der Waals surface area contributed by atoms with Gasteiger partial charge in [0.1, 0.15) is 5.54 Å². The molecule has 0 radical (unpaired) electrons. The first-order chi connectivity index (χ1) is 8.04. The lowest BCUT2D eigenvalue weighted by Crippen LogP contribution is -2.59.